The average molecular weight is 347 g/mol. The molecule has 1 saturated heterocycles. The zero-order chi connectivity index (χ0) is 17.1. The summed E-state index contributed by atoms with van der Waals surface area (Å²) in [4.78, 5) is 16.1. The van der Waals surface area contributed by atoms with E-state index in [2.05, 4.69) is 48.7 Å². The third-order valence-electron chi connectivity index (χ3n) is 6.04. The fourth-order valence-electron chi connectivity index (χ4n) is 4.46. The van der Waals surface area contributed by atoms with Gasteiger partial charge in [0.1, 0.15) is 17.7 Å². The van der Waals surface area contributed by atoms with Crippen molar-refractivity contribution in [2.75, 3.05) is 18.0 Å². The van der Waals surface area contributed by atoms with E-state index in [4.69, 9.17) is 4.74 Å². The van der Waals surface area contributed by atoms with Crippen LogP contribution in [0.3, 0.4) is 0 Å². The summed E-state index contributed by atoms with van der Waals surface area (Å²) in [5, 5.41) is 0. The van der Waals surface area contributed by atoms with Crippen LogP contribution in [-0.4, -0.2) is 38.2 Å². The molecular weight excluding hydrogens is 326 g/mol. The lowest BCUT2D eigenvalue weighted by atomic mass is 9.90. The molecule has 3 aliphatic rings. The SMILES string of the molecule is c1ccc2c(c1)CC[C@@]1(CCN(c3ncnc4c3ncn4C3CC3)C1)O2. The Kier molecular flexibility index (Phi) is 2.90. The van der Waals surface area contributed by atoms with Crippen molar-refractivity contribution in [2.24, 2.45) is 0 Å². The number of para-hydroxylation sites is 1. The smallest absolute Gasteiger partial charge is 0.165 e. The molecule has 1 aromatic carbocycles. The molecule has 3 aromatic rings. The highest BCUT2D eigenvalue weighted by molar-refractivity contribution is 5.83. The van der Waals surface area contributed by atoms with Crippen molar-refractivity contribution >= 4 is 17.0 Å². The Labute approximate surface area is 151 Å². The molecule has 0 N–H and O–H groups in total. The van der Waals surface area contributed by atoms with Crippen molar-refractivity contribution in [3.63, 3.8) is 0 Å². The van der Waals surface area contributed by atoms with E-state index < -0.39 is 0 Å². The van der Waals surface area contributed by atoms with E-state index >= 15 is 0 Å². The van der Waals surface area contributed by atoms with Crippen LogP contribution >= 0.6 is 0 Å². The zero-order valence-electron chi connectivity index (χ0n) is 14.6. The Hall–Kier alpha value is -2.63. The molecular formula is C20H21N5O. The lowest BCUT2D eigenvalue weighted by Gasteiger charge is -2.35. The molecule has 2 aromatic heterocycles. The summed E-state index contributed by atoms with van der Waals surface area (Å²) in [7, 11) is 0. The van der Waals surface area contributed by atoms with Gasteiger partial charge in [0.15, 0.2) is 17.0 Å². The first-order valence-electron chi connectivity index (χ1n) is 9.51. The van der Waals surface area contributed by atoms with Crippen LogP contribution in [0, 0.1) is 0 Å². The minimum Gasteiger partial charge on any atom is -0.485 e. The van der Waals surface area contributed by atoms with Crippen LogP contribution in [-0.2, 0) is 6.42 Å². The number of fused-ring (bicyclic) bond motifs is 2. The van der Waals surface area contributed by atoms with Gasteiger partial charge in [-0.2, -0.15) is 0 Å². The second-order valence-electron chi connectivity index (χ2n) is 7.82. The third-order valence-corrected chi connectivity index (χ3v) is 6.04. The van der Waals surface area contributed by atoms with E-state index in [0.29, 0.717) is 6.04 Å². The van der Waals surface area contributed by atoms with Crippen molar-refractivity contribution in [1.29, 1.82) is 0 Å². The van der Waals surface area contributed by atoms with E-state index in [9.17, 15) is 0 Å². The minimum absolute atomic E-state index is 0.106. The fraction of sp³-hybridized carbons (Fsp3) is 0.450. The molecule has 4 heterocycles. The van der Waals surface area contributed by atoms with Crippen LogP contribution in [0.2, 0.25) is 0 Å². The lowest BCUT2D eigenvalue weighted by molar-refractivity contribution is 0.0682. The second kappa shape index (κ2) is 5.19. The van der Waals surface area contributed by atoms with Crippen LogP contribution in [0.5, 0.6) is 5.75 Å². The Balaban J connectivity index is 1.32. The standard InChI is InChI=1S/C20H21N5O/c1-2-4-16-14(3-1)7-8-20(26-16)9-10-24(11-20)18-17-19(22-12-21-18)25(13-23-17)15-5-6-15/h1-4,12-13,15H,5-11H2/t20-/m0/s1. The van der Waals surface area contributed by atoms with Gasteiger partial charge in [-0.3, -0.25) is 0 Å². The van der Waals surface area contributed by atoms with Gasteiger partial charge >= 0.3 is 0 Å². The summed E-state index contributed by atoms with van der Waals surface area (Å²) < 4.78 is 8.69. The van der Waals surface area contributed by atoms with Gasteiger partial charge in [0.2, 0.25) is 0 Å². The summed E-state index contributed by atoms with van der Waals surface area (Å²) in [5.74, 6) is 2.00. The number of hydrogen-bond acceptors (Lipinski definition) is 5. The number of rotatable bonds is 2. The molecule has 6 nitrogen and oxygen atoms in total. The maximum absolute atomic E-state index is 6.49. The molecule has 1 saturated carbocycles. The molecule has 6 heteroatoms. The number of aromatic nitrogens is 4. The number of anilines is 1. The zero-order valence-corrected chi connectivity index (χ0v) is 14.6. The normalized spacial score (nSPS) is 24.8. The van der Waals surface area contributed by atoms with Gasteiger partial charge in [-0.05, 0) is 37.3 Å². The molecule has 0 unspecified atom stereocenters. The number of nitrogens with zero attached hydrogens (tertiary/aromatic N) is 5. The van der Waals surface area contributed by atoms with E-state index in [0.717, 1.165) is 55.1 Å². The number of hydrogen-bond donors (Lipinski definition) is 0. The average Bonchev–Trinajstić information content (AvgIpc) is 3.30. The molecule has 1 spiro atoms. The Morgan fingerprint density at radius 2 is 2.00 bits per heavy atom. The number of ether oxygens (including phenoxy) is 1. The molecule has 2 fully saturated rings. The maximum Gasteiger partial charge on any atom is 0.165 e. The van der Waals surface area contributed by atoms with Crippen molar-refractivity contribution in [2.45, 2.75) is 43.7 Å². The molecule has 0 amide bonds. The van der Waals surface area contributed by atoms with Gasteiger partial charge in [-0.1, -0.05) is 18.2 Å². The summed E-state index contributed by atoms with van der Waals surface area (Å²) >= 11 is 0. The number of aryl methyl sites for hydroxylation is 1. The third kappa shape index (κ3) is 2.14. The molecule has 1 atom stereocenters. The fourth-order valence-corrected chi connectivity index (χ4v) is 4.46. The molecule has 132 valence electrons. The predicted molar refractivity (Wildman–Crippen MR) is 98.5 cm³/mol. The topological polar surface area (TPSA) is 56.1 Å². The Morgan fingerprint density at radius 1 is 1.08 bits per heavy atom. The highest BCUT2D eigenvalue weighted by Crippen LogP contribution is 2.41. The molecule has 0 radical (unpaired) electrons. The van der Waals surface area contributed by atoms with E-state index in [1.807, 2.05) is 6.33 Å². The van der Waals surface area contributed by atoms with Gasteiger partial charge in [0, 0.05) is 19.0 Å². The first kappa shape index (κ1) is 14.5. The summed E-state index contributed by atoms with van der Waals surface area (Å²) in [6.07, 6.45) is 9.23. The van der Waals surface area contributed by atoms with E-state index in [1.54, 1.807) is 6.33 Å². The first-order valence-corrected chi connectivity index (χ1v) is 9.51. The van der Waals surface area contributed by atoms with Crippen LogP contribution in [0.25, 0.3) is 11.2 Å². The van der Waals surface area contributed by atoms with Gasteiger partial charge in [0.25, 0.3) is 0 Å². The summed E-state index contributed by atoms with van der Waals surface area (Å²) in [6.45, 7) is 1.81. The van der Waals surface area contributed by atoms with Crippen molar-refractivity contribution in [1.82, 2.24) is 19.5 Å². The maximum atomic E-state index is 6.49. The Morgan fingerprint density at radius 3 is 2.92 bits per heavy atom. The van der Waals surface area contributed by atoms with Crippen LogP contribution in [0.15, 0.2) is 36.9 Å². The minimum atomic E-state index is -0.106. The second-order valence-corrected chi connectivity index (χ2v) is 7.82. The molecule has 26 heavy (non-hydrogen) atoms. The largest absolute Gasteiger partial charge is 0.485 e. The number of imidazole rings is 1. The van der Waals surface area contributed by atoms with Gasteiger partial charge in [0.05, 0.1) is 12.9 Å². The summed E-state index contributed by atoms with van der Waals surface area (Å²) in [6, 6.07) is 9.00. The first-order chi connectivity index (χ1) is 12.8. The van der Waals surface area contributed by atoms with Crippen molar-refractivity contribution in [3.8, 4) is 5.75 Å². The molecule has 6 rings (SSSR count). The van der Waals surface area contributed by atoms with E-state index in [-0.39, 0.29) is 5.60 Å². The highest BCUT2D eigenvalue weighted by atomic mass is 16.5. The quantitative estimate of drug-likeness (QED) is 0.713. The van der Waals surface area contributed by atoms with Crippen LogP contribution in [0.1, 0.15) is 37.3 Å². The monoisotopic (exact) mass is 347 g/mol. The molecule has 2 aliphatic heterocycles. The van der Waals surface area contributed by atoms with Crippen molar-refractivity contribution in [3.05, 3.63) is 42.5 Å². The van der Waals surface area contributed by atoms with Gasteiger partial charge < -0.3 is 14.2 Å². The van der Waals surface area contributed by atoms with Gasteiger partial charge in [-0.25, -0.2) is 15.0 Å². The van der Waals surface area contributed by atoms with E-state index in [1.165, 1.54) is 18.4 Å². The predicted octanol–water partition coefficient (Wildman–Crippen LogP) is 3.14. The van der Waals surface area contributed by atoms with Crippen LogP contribution in [0.4, 0.5) is 5.82 Å². The van der Waals surface area contributed by atoms with Crippen molar-refractivity contribution < 1.29 is 4.74 Å². The molecule has 0 bridgehead atoms. The molecule has 1 aliphatic carbocycles. The lowest BCUT2D eigenvalue weighted by Crippen LogP contribution is -2.42. The number of benzene rings is 1. The van der Waals surface area contributed by atoms with Gasteiger partial charge in [-0.15, -0.1) is 0 Å². The highest BCUT2D eigenvalue weighted by Gasteiger charge is 2.43. The Bertz CT molecular complexity index is 995. The van der Waals surface area contributed by atoms with Crippen LogP contribution < -0.4 is 9.64 Å². The summed E-state index contributed by atoms with van der Waals surface area (Å²) in [5.41, 5.74) is 3.11.